The summed E-state index contributed by atoms with van der Waals surface area (Å²) in [6.45, 7) is 0. The van der Waals surface area contributed by atoms with Crippen molar-refractivity contribution in [2.75, 3.05) is 5.32 Å². The van der Waals surface area contributed by atoms with Crippen LogP contribution >= 0.6 is 0 Å². The van der Waals surface area contributed by atoms with Crippen molar-refractivity contribution in [1.29, 1.82) is 0 Å². The number of carbonyl (C=O) groups excluding carboxylic acids is 1. The fraction of sp³-hybridized carbons (Fsp3) is 0.250. The van der Waals surface area contributed by atoms with E-state index in [0.29, 0.717) is 0 Å². The van der Waals surface area contributed by atoms with Crippen LogP contribution in [0.25, 0.3) is 11.0 Å². The van der Waals surface area contributed by atoms with Crippen molar-refractivity contribution >= 4 is 22.6 Å². The van der Waals surface area contributed by atoms with E-state index >= 15 is 0 Å². The van der Waals surface area contributed by atoms with Crippen LogP contribution in [0.4, 0.5) is 5.69 Å². The first-order valence-electron chi connectivity index (χ1n) is 5.34. The third-order valence-electron chi connectivity index (χ3n) is 2.69. The van der Waals surface area contributed by atoms with E-state index in [9.17, 15) is 4.79 Å². The molecule has 3 rings (SSSR count). The van der Waals surface area contributed by atoms with Gasteiger partial charge in [-0.25, -0.2) is 0 Å². The number of fused-ring (bicyclic) bond motifs is 1. The highest BCUT2D eigenvalue weighted by Gasteiger charge is 2.29. The summed E-state index contributed by atoms with van der Waals surface area (Å²) in [5.41, 5.74) is 2.44. The first kappa shape index (κ1) is 9.27. The molecule has 0 saturated heterocycles. The largest absolute Gasteiger partial charge is 0.326 e. The number of aromatic nitrogens is 2. The van der Waals surface area contributed by atoms with Crippen LogP contribution in [0.3, 0.4) is 0 Å². The lowest BCUT2D eigenvalue weighted by Gasteiger charge is -2.04. The number of amides is 1. The predicted octanol–water partition coefficient (Wildman–Crippen LogP) is 1.98. The molecular weight excluding hydrogens is 202 g/mol. The summed E-state index contributed by atoms with van der Waals surface area (Å²) < 4.78 is 0. The predicted molar refractivity (Wildman–Crippen MR) is 60.9 cm³/mol. The number of nitrogens with zero attached hydrogens (tertiary/aromatic N) is 2. The number of hydrogen-bond donors (Lipinski definition) is 1. The number of benzene rings is 1. The van der Waals surface area contributed by atoms with Crippen LogP contribution in [0, 0.1) is 5.92 Å². The minimum absolute atomic E-state index is 0.114. The summed E-state index contributed by atoms with van der Waals surface area (Å²) in [5, 5.41) is 2.89. The van der Waals surface area contributed by atoms with Gasteiger partial charge in [0, 0.05) is 24.0 Å². The van der Waals surface area contributed by atoms with Gasteiger partial charge in [-0.05, 0) is 31.0 Å². The van der Waals surface area contributed by atoms with Gasteiger partial charge >= 0.3 is 0 Å². The van der Waals surface area contributed by atoms with Crippen molar-refractivity contribution in [2.24, 2.45) is 5.92 Å². The highest BCUT2D eigenvalue weighted by Crippen LogP contribution is 2.30. The molecule has 1 heterocycles. The second-order valence-electron chi connectivity index (χ2n) is 4.02. The van der Waals surface area contributed by atoms with Crippen molar-refractivity contribution in [1.82, 2.24) is 9.97 Å². The lowest BCUT2D eigenvalue weighted by molar-refractivity contribution is -0.117. The Kier molecular flexibility index (Phi) is 2.06. The Bertz CT molecular complexity index is 549. The lowest BCUT2D eigenvalue weighted by Crippen LogP contribution is -2.13. The van der Waals surface area contributed by atoms with Gasteiger partial charge in [0.25, 0.3) is 0 Å². The van der Waals surface area contributed by atoms with Gasteiger partial charge in [0.15, 0.2) is 0 Å². The van der Waals surface area contributed by atoms with E-state index in [1.807, 2.05) is 18.2 Å². The molecular formula is C12H11N3O. The van der Waals surface area contributed by atoms with Gasteiger partial charge < -0.3 is 5.32 Å². The Morgan fingerprint density at radius 2 is 1.94 bits per heavy atom. The van der Waals surface area contributed by atoms with E-state index in [4.69, 9.17) is 0 Å². The zero-order valence-corrected chi connectivity index (χ0v) is 8.68. The fourth-order valence-electron chi connectivity index (χ4n) is 1.63. The highest BCUT2D eigenvalue weighted by molar-refractivity contribution is 5.95. The molecule has 1 N–H and O–H groups in total. The average molecular weight is 213 g/mol. The summed E-state index contributed by atoms with van der Waals surface area (Å²) in [5.74, 6) is 0.334. The third-order valence-corrected chi connectivity index (χ3v) is 2.69. The highest BCUT2D eigenvalue weighted by atomic mass is 16.2. The van der Waals surface area contributed by atoms with E-state index in [2.05, 4.69) is 15.3 Å². The van der Waals surface area contributed by atoms with Crippen LogP contribution in [0.1, 0.15) is 12.8 Å². The van der Waals surface area contributed by atoms with Crippen LogP contribution in [-0.4, -0.2) is 15.9 Å². The lowest BCUT2D eigenvalue weighted by atomic mass is 10.2. The summed E-state index contributed by atoms with van der Waals surface area (Å²) in [4.78, 5) is 19.9. The summed E-state index contributed by atoms with van der Waals surface area (Å²) in [6.07, 6.45) is 5.33. The Hall–Kier alpha value is -1.97. The molecule has 0 spiro atoms. The van der Waals surface area contributed by atoms with Crippen LogP contribution in [0.5, 0.6) is 0 Å². The zero-order valence-electron chi connectivity index (χ0n) is 8.68. The fourth-order valence-corrected chi connectivity index (χ4v) is 1.63. The molecule has 1 aliphatic rings. The Balaban J connectivity index is 1.89. The van der Waals surface area contributed by atoms with Gasteiger partial charge in [-0.15, -0.1) is 0 Å². The molecule has 0 bridgehead atoms. The molecule has 0 aliphatic heterocycles. The maximum Gasteiger partial charge on any atom is 0.227 e. The van der Waals surface area contributed by atoms with Gasteiger partial charge in [-0.3, -0.25) is 14.8 Å². The molecule has 0 unspecified atom stereocenters. The first-order valence-corrected chi connectivity index (χ1v) is 5.34. The number of hydrogen-bond acceptors (Lipinski definition) is 3. The van der Waals surface area contributed by atoms with Gasteiger partial charge in [0.2, 0.25) is 5.91 Å². The molecule has 1 fully saturated rings. The molecule has 0 atom stereocenters. The topological polar surface area (TPSA) is 54.9 Å². The number of rotatable bonds is 2. The van der Waals surface area contributed by atoms with Gasteiger partial charge in [0.1, 0.15) is 0 Å². The van der Waals surface area contributed by atoms with Gasteiger partial charge in [-0.1, -0.05) is 0 Å². The SMILES string of the molecule is O=C(Nc1ccc2nccnc2c1)C1CC1. The second-order valence-corrected chi connectivity index (χ2v) is 4.02. The molecule has 0 radical (unpaired) electrons. The molecule has 16 heavy (non-hydrogen) atoms. The van der Waals surface area contributed by atoms with E-state index in [-0.39, 0.29) is 11.8 Å². The minimum atomic E-state index is 0.114. The van der Waals surface area contributed by atoms with Crippen LogP contribution < -0.4 is 5.32 Å². The Labute approximate surface area is 92.7 Å². The van der Waals surface area contributed by atoms with E-state index in [0.717, 1.165) is 29.6 Å². The standard InChI is InChI=1S/C12H11N3O/c16-12(8-1-2-8)15-9-3-4-10-11(7-9)14-6-5-13-10/h3-8H,1-2H2,(H,15,16). The van der Waals surface area contributed by atoms with Gasteiger partial charge in [-0.2, -0.15) is 0 Å². The van der Waals surface area contributed by atoms with Crippen molar-refractivity contribution in [2.45, 2.75) is 12.8 Å². The smallest absolute Gasteiger partial charge is 0.227 e. The molecule has 1 aromatic heterocycles. The first-order chi connectivity index (χ1) is 7.83. The molecule has 80 valence electrons. The second kappa shape index (κ2) is 3.56. The van der Waals surface area contributed by atoms with Crippen molar-refractivity contribution < 1.29 is 4.79 Å². The number of carbonyl (C=O) groups is 1. The molecule has 1 amide bonds. The summed E-state index contributed by atoms with van der Waals surface area (Å²) in [6, 6.07) is 5.57. The maximum atomic E-state index is 11.6. The molecule has 2 aromatic rings. The summed E-state index contributed by atoms with van der Waals surface area (Å²) in [7, 11) is 0. The van der Waals surface area contributed by atoms with Crippen LogP contribution in [-0.2, 0) is 4.79 Å². The number of nitrogens with one attached hydrogen (secondary N) is 1. The normalized spacial score (nSPS) is 15.0. The third kappa shape index (κ3) is 1.74. The number of anilines is 1. The Morgan fingerprint density at radius 1 is 1.19 bits per heavy atom. The van der Waals surface area contributed by atoms with E-state index < -0.39 is 0 Å². The van der Waals surface area contributed by atoms with Crippen molar-refractivity contribution in [3.05, 3.63) is 30.6 Å². The maximum absolute atomic E-state index is 11.6. The van der Waals surface area contributed by atoms with Gasteiger partial charge in [0.05, 0.1) is 11.0 Å². The molecule has 1 saturated carbocycles. The molecule has 1 aromatic carbocycles. The van der Waals surface area contributed by atoms with Crippen molar-refractivity contribution in [3.63, 3.8) is 0 Å². The average Bonchev–Trinajstić information content (AvgIpc) is 3.12. The quantitative estimate of drug-likeness (QED) is 0.829. The van der Waals surface area contributed by atoms with Crippen LogP contribution in [0.2, 0.25) is 0 Å². The van der Waals surface area contributed by atoms with E-state index in [1.165, 1.54) is 0 Å². The monoisotopic (exact) mass is 213 g/mol. The molecule has 4 nitrogen and oxygen atoms in total. The zero-order chi connectivity index (χ0) is 11.0. The van der Waals surface area contributed by atoms with E-state index in [1.54, 1.807) is 12.4 Å². The molecule has 4 heteroatoms. The van der Waals surface area contributed by atoms with Crippen molar-refractivity contribution in [3.8, 4) is 0 Å². The Morgan fingerprint density at radius 3 is 2.69 bits per heavy atom. The minimum Gasteiger partial charge on any atom is -0.326 e. The molecule has 1 aliphatic carbocycles. The van der Waals surface area contributed by atoms with Crippen LogP contribution in [0.15, 0.2) is 30.6 Å². The summed E-state index contributed by atoms with van der Waals surface area (Å²) >= 11 is 0.